The number of amides is 1. The van der Waals surface area contributed by atoms with Crippen LogP contribution in [0.4, 0.5) is 11.4 Å². The molecular formula is C18H31N3O3S. The molecule has 0 bridgehead atoms. The van der Waals surface area contributed by atoms with Crippen molar-refractivity contribution in [2.24, 2.45) is 0 Å². The molecule has 0 atom stereocenters. The average Bonchev–Trinajstić information content (AvgIpc) is 2.53. The van der Waals surface area contributed by atoms with E-state index in [9.17, 15) is 13.2 Å². The van der Waals surface area contributed by atoms with Gasteiger partial charge >= 0.3 is 0 Å². The maximum absolute atomic E-state index is 12.4. The summed E-state index contributed by atoms with van der Waals surface area (Å²) in [6, 6.07) is 7.29. The average molecular weight is 370 g/mol. The number of rotatable bonds is 10. The van der Waals surface area contributed by atoms with Crippen LogP contribution in [0.25, 0.3) is 0 Å². The van der Waals surface area contributed by atoms with Crippen LogP contribution in [0.5, 0.6) is 0 Å². The number of carbonyl (C=O) groups is 1. The Labute approximate surface area is 152 Å². The van der Waals surface area contributed by atoms with Crippen molar-refractivity contribution < 1.29 is 13.2 Å². The lowest BCUT2D eigenvalue weighted by Crippen LogP contribution is -2.37. The maximum Gasteiger partial charge on any atom is 0.232 e. The van der Waals surface area contributed by atoms with Gasteiger partial charge in [0, 0.05) is 45.8 Å². The Morgan fingerprint density at radius 3 is 1.80 bits per heavy atom. The summed E-state index contributed by atoms with van der Waals surface area (Å²) in [5, 5.41) is 0. The van der Waals surface area contributed by atoms with Crippen LogP contribution < -0.4 is 9.21 Å². The molecule has 0 saturated heterocycles. The fourth-order valence-corrected chi connectivity index (χ4v) is 3.59. The van der Waals surface area contributed by atoms with Crippen molar-refractivity contribution in [1.82, 2.24) is 4.90 Å². The third-order valence-corrected chi connectivity index (χ3v) is 5.12. The molecule has 0 aliphatic carbocycles. The number of hydrogen-bond acceptors (Lipinski definition) is 4. The minimum absolute atomic E-state index is 0.00209. The first-order chi connectivity index (χ1) is 11.7. The number of benzene rings is 1. The Hall–Kier alpha value is -1.76. The molecule has 142 valence electrons. The molecule has 0 spiro atoms. The second kappa shape index (κ2) is 9.65. The summed E-state index contributed by atoms with van der Waals surface area (Å²) >= 11 is 0. The largest absolute Gasteiger partial charge is 0.378 e. The zero-order valence-electron chi connectivity index (χ0n) is 16.0. The summed E-state index contributed by atoms with van der Waals surface area (Å²) in [7, 11) is 0.409. The summed E-state index contributed by atoms with van der Waals surface area (Å²) in [5.41, 5.74) is 1.57. The van der Waals surface area contributed by atoms with Crippen LogP contribution in [0.3, 0.4) is 0 Å². The summed E-state index contributed by atoms with van der Waals surface area (Å²) in [6.45, 7) is 5.64. The van der Waals surface area contributed by atoms with E-state index in [1.807, 2.05) is 49.9 Å². The number of carbonyl (C=O) groups excluding carboxylic acids is 1. The zero-order valence-corrected chi connectivity index (χ0v) is 16.8. The van der Waals surface area contributed by atoms with Crippen LogP contribution in [-0.4, -0.2) is 59.2 Å². The summed E-state index contributed by atoms with van der Waals surface area (Å²) < 4.78 is 25.7. The van der Waals surface area contributed by atoms with Crippen molar-refractivity contribution in [3.8, 4) is 0 Å². The zero-order chi connectivity index (χ0) is 19.0. The monoisotopic (exact) mass is 369 g/mol. The molecule has 1 aromatic carbocycles. The molecule has 0 unspecified atom stereocenters. The van der Waals surface area contributed by atoms with E-state index in [1.54, 1.807) is 12.1 Å². The van der Waals surface area contributed by atoms with Gasteiger partial charge in [-0.05, 0) is 37.1 Å². The van der Waals surface area contributed by atoms with Gasteiger partial charge in [-0.25, -0.2) is 8.42 Å². The highest BCUT2D eigenvalue weighted by atomic mass is 32.2. The quantitative estimate of drug-likeness (QED) is 0.636. The van der Waals surface area contributed by atoms with E-state index < -0.39 is 10.0 Å². The number of nitrogens with zero attached hydrogens (tertiary/aromatic N) is 3. The van der Waals surface area contributed by atoms with Crippen LogP contribution in [-0.2, 0) is 14.8 Å². The van der Waals surface area contributed by atoms with Gasteiger partial charge in [0.2, 0.25) is 15.9 Å². The van der Waals surface area contributed by atoms with E-state index in [2.05, 4.69) is 0 Å². The molecule has 25 heavy (non-hydrogen) atoms. The molecule has 0 fully saturated rings. The van der Waals surface area contributed by atoms with Crippen molar-refractivity contribution in [2.45, 2.75) is 33.1 Å². The van der Waals surface area contributed by atoms with Crippen molar-refractivity contribution in [2.75, 3.05) is 49.2 Å². The molecule has 0 radical (unpaired) electrons. The third-order valence-electron chi connectivity index (χ3n) is 3.92. The van der Waals surface area contributed by atoms with Gasteiger partial charge in [0.25, 0.3) is 0 Å². The molecule has 0 aliphatic heterocycles. The van der Waals surface area contributed by atoms with E-state index in [4.69, 9.17) is 0 Å². The van der Waals surface area contributed by atoms with Gasteiger partial charge in [-0.1, -0.05) is 13.8 Å². The van der Waals surface area contributed by atoms with E-state index in [1.165, 1.54) is 10.6 Å². The Morgan fingerprint density at radius 1 is 0.920 bits per heavy atom. The van der Waals surface area contributed by atoms with Crippen LogP contribution in [0, 0.1) is 0 Å². The van der Waals surface area contributed by atoms with Crippen molar-refractivity contribution in [3.05, 3.63) is 24.3 Å². The standard InChI is InChI=1S/C18H31N3O3S/c1-6-13-20(14-7-2)18(22)12-15-21(25(5,23)24)17-10-8-16(9-11-17)19(3)4/h8-11H,6-7,12-15H2,1-5H3. The molecule has 1 aromatic rings. The fourth-order valence-electron chi connectivity index (χ4n) is 2.66. The maximum atomic E-state index is 12.4. The second-order valence-corrected chi connectivity index (χ2v) is 8.28. The molecule has 0 heterocycles. The van der Waals surface area contributed by atoms with E-state index in [-0.39, 0.29) is 18.9 Å². The molecule has 0 aliphatic rings. The molecule has 0 aromatic heterocycles. The lowest BCUT2D eigenvalue weighted by atomic mass is 10.2. The van der Waals surface area contributed by atoms with Crippen LogP contribution in [0.2, 0.25) is 0 Å². The lowest BCUT2D eigenvalue weighted by molar-refractivity contribution is -0.131. The summed E-state index contributed by atoms with van der Waals surface area (Å²) in [6.07, 6.45) is 3.15. The first-order valence-electron chi connectivity index (χ1n) is 8.73. The van der Waals surface area contributed by atoms with Gasteiger partial charge in [-0.2, -0.15) is 0 Å². The Kier molecular flexibility index (Phi) is 8.22. The van der Waals surface area contributed by atoms with E-state index in [0.29, 0.717) is 18.8 Å². The Bertz CT molecular complexity index is 636. The van der Waals surface area contributed by atoms with Crippen molar-refractivity contribution >= 4 is 27.3 Å². The van der Waals surface area contributed by atoms with E-state index >= 15 is 0 Å². The molecule has 1 amide bonds. The lowest BCUT2D eigenvalue weighted by Gasteiger charge is -2.26. The molecule has 0 saturated carbocycles. The number of anilines is 2. The first kappa shape index (κ1) is 21.3. The SMILES string of the molecule is CCCN(CCC)C(=O)CCN(c1ccc(N(C)C)cc1)S(C)(=O)=O. The Morgan fingerprint density at radius 2 is 1.40 bits per heavy atom. The van der Waals surface area contributed by atoms with Gasteiger partial charge in [0.1, 0.15) is 0 Å². The van der Waals surface area contributed by atoms with Gasteiger partial charge in [-0.3, -0.25) is 9.10 Å². The Balaban J connectivity index is 2.89. The predicted octanol–water partition coefficient (Wildman–Crippen LogP) is 2.56. The van der Waals surface area contributed by atoms with E-state index in [0.717, 1.165) is 18.5 Å². The fraction of sp³-hybridized carbons (Fsp3) is 0.611. The second-order valence-electron chi connectivity index (χ2n) is 6.38. The van der Waals surface area contributed by atoms with Gasteiger partial charge in [-0.15, -0.1) is 0 Å². The van der Waals surface area contributed by atoms with Crippen LogP contribution in [0.1, 0.15) is 33.1 Å². The van der Waals surface area contributed by atoms with Crippen molar-refractivity contribution in [1.29, 1.82) is 0 Å². The summed E-state index contributed by atoms with van der Waals surface area (Å²) in [5.74, 6) is 0.00209. The molecular weight excluding hydrogens is 338 g/mol. The van der Waals surface area contributed by atoms with Crippen molar-refractivity contribution in [3.63, 3.8) is 0 Å². The van der Waals surface area contributed by atoms with Gasteiger partial charge in [0.15, 0.2) is 0 Å². The minimum Gasteiger partial charge on any atom is -0.378 e. The topological polar surface area (TPSA) is 60.9 Å². The molecule has 6 nitrogen and oxygen atoms in total. The molecule has 7 heteroatoms. The molecule has 1 rings (SSSR count). The summed E-state index contributed by atoms with van der Waals surface area (Å²) in [4.78, 5) is 16.2. The van der Waals surface area contributed by atoms with Gasteiger partial charge in [0.05, 0.1) is 11.9 Å². The van der Waals surface area contributed by atoms with Crippen LogP contribution in [0.15, 0.2) is 24.3 Å². The smallest absolute Gasteiger partial charge is 0.232 e. The van der Waals surface area contributed by atoms with Crippen LogP contribution >= 0.6 is 0 Å². The van der Waals surface area contributed by atoms with Gasteiger partial charge < -0.3 is 9.80 Å². The number of hydrogen-bond donors (Lipinski definition) is 0. The minimum atomic E-state index is -3.45. The number of sulfonamides is 1. The third kappa shape index (κ3) is 6.57. The normalized spacial score (nSPS) is 11.2. The highest BCUT2D eigenvalue weighted by Gasteiger charge is 2.20. The highest BCUT2D eigenvalue weighted by molar-refractivity contribution is 7.92. The predicted molar refractivity (Wildman–Crippen MR) is 105 cm³/mol. The highest BCUT2D eigenvalue weighted by Crippen LogP contribution is 2.22. The first-order valence-corrected chi connectivity index (χ1v) is 10.6. The molecule has 0 N–H and O–H groups in total.